The van der Waals surface area contributed by atoms with Crippen molar-refractivity contribution in [2.24, 2.45) is 0 Å². The molecule has 304 valence electrons. The number of hydrogen-bond donors (Lipinski definition) is 0. The van der Waals surface area contributed by atoms with Gasteiger partial charge in [0.2, 0.25) is 0 Å². The maximum Gasteiger partial charge on any atom is 0.143 e. The molecule has 0 radical (unpaired) electrons. The van der Waals surface area contributed by atoms with Crippen LogP contribution in [0.5, 0.6) is 0 Å². The number of hydrogen-bond acceptors (Lipinski definition) is 4. The van der Waals surface area contributed by atoms with Gasteiger partial charge < -0.3 is 13.9 Å². The maximum atomic E-state index is 6.64. The molecule has 4 aromatic heterocycles. The van der Waals surface area contributed by atoms with Crippen LogP contribution in [0.3, 0.4) is 0 Å². The zero-order valence-electron chi connectivity index (χ0n) is 34.9. The second-order valence-corrected chi connectivity index (χ2v) is 18.9. The predicted molar refractivity (Wildman–Crippen MR) is 279 cm³/mol. The number of anilines is 3. The Hall–Kier alpha value is -7.96. The standard InChI is InChI=1S/C60H36N2OS2/c1-6-27-50-42(19-1)43-20-2-7-28-51(43)61(50)40-18-12-16-38(36-40)57-52(34-33-49-46-23-5-10-32-56(46)65-60(49)57)62(53-29-14-26-48-45-22-4-9-31-55(45)64-59(48)53)39-17-11-15-37(35-39)41-24-13-25-47-44-21-3-8-30-54(44)63-58(41)47/h1-36H. The molecule has 0 aliphatic rings. The summed E-state index contributed by atoms with van der Waals surface area (Å²) in [7, 11) is 0. The van der Waals surface area contributed by atoms with Crippen LogP contribution in [0.15, 0.2) is 223 Å². The van der Waals surface area contributed by atoms with Crippen LogP contribution in [-0.4, -0.2) is 4.57 Å². The molecule has 0 fully saturated rings. The molecule has 0 aliphatic heterocycles. The fourth-order valence-electron chi connectivity index (χ4n) is 10.3. The number of rotatable bonds is 6. The summed E-state index contributed by atoms with van der Waals surface area (Å²) < 4.78 is 14.1. The summed E-state index contributed by atoms with van der Waals surface area (Å²) in [4.78, 5) is 2.52. The zero-order chi connectivity index (χ0) is 42.6. The van der Waals surface area contributed by atoms with Crippen molar-refractivity contribution >= 4 is 124 Å². The largest absolute Gasteiger partial charge is 0.455 e. The van der Waals surface area contributed by atoms with E-state index in [0.29, 0.717) is 0 Å². The van der Waals surface area contributed by atoms with Crippen LogP contribution in [0, 0.1) is 0 Å². The van der Waals surface area contributed by atoms with Crippen molar-refractivity contribution in [3.05, 3.63) is 218 Å². The molecule has 14 rings (SSSR count). The second-order valence-electron chi connectivity index (χ2n) is 16.8. The maximum absolute atomic E-state index is 6.64. The summed E-state index contributed by atoms with van der Waals surface area (Å²) in [5.74, 6) is 0. The first-order valence-electron chi connectivity index (χ1n) is 22.0. The molecular formula is C60H36N2OS2. The summed E-state index contributed by atoms with van der Waals surface area (Å²) in [5.41, 5.74) is 13.2. The van der Waals surface area contributed by atoms with Crippen molar-refractivity contribution in [2.45, 2.75) is 0 Å². The fourth-order valence-corrected chi connectivity index (χ4v) is 12.8. The van der Waals surface area contributed by atoms with E-state index in [1.165, 1.54) is 67.7 Å². The fraction of sp³-hybridized carbons (Fsp3) is 0. The van der Waals surface area contributed by atoms with Crippen molar-refractivity contribution in [2.75, 3.05) is 4.90 Å². The lowest BCUT2D eigenvalue weighted by Crippen LogP contribution is -2.11. The van der Waals surface area contributed by atoms with E-state index in [9.17, 15) is 0 Å². The summed E-state index contributed by atoms with van der Waals surface area (Å²) in [5, 5.41) is 9.82. The topological polar surface area (TPSA) is 21.3 Å². The number of fused-ring (bicyclic) bond motifs is 12. The lowest BCUT2D eigenvalue weighted by Gasteiger charge is -2.29. The van der Waals surface area contributed by atoms with E-state index >= 15 is 0 Å². The lowest BCUT2D eigenvalue weighted by atomic mass is 9.97. The highest BCUT2D eigenvalue weighted by Crippen LogP contribution is 2.52. The molecule has 4 heterocycles. The average Bonchev–Trinajstić information content (AvgIpc) is 4.13. The van der Waals surface area contributed by atoms with Crippen LogP contribution in [0.2, 0.25) is 0 Å². The van der Waals surface area contributed by atoms with E-state index in [2.05, 4.69) is 222 Å². The van der Waals surface area contributed by atoms with Crippen LogP contribution < -0.4 is 4.90 Å². The Morgan fingerprint density at radius 1 is 0.385 bits per heavy atom. The average molecular weight is 865 g/mol. The van der Waals surface area contributed by atoms with Crippen molar-refractivity contribution < 1.29 is 4.42 Å². The first-order chi connectivity index (χ1) is 32.2. The van der Waals surface area contributed by atoms with Gasteiger partial charge in [0.1, 0.15) is 11.2 Å². The minimum absolute atomic E-state index is 0.897. The highest BCUT2D eigenvalue weighted by molar-refractivity contribution is 7.27. The van der Waals surface area contributed by atoms with E-state index in [1.807, 2.05) is 28.7 Å². The molecule has 0 spiro atoms. The third-order valence-electron chi connectivity index (χ3n) is 13.2. The normalized spacial score (nSPS) is 12.0. The van der Waals surface area contributed by atoms with Gasteiger partial charge in [-0.25, -0.2) is 0 Å². The molecule has 3 nitrogen and oxygen atoms in total. The van der Waals surface area contributed by atoms with Crippen molar-refractivity contribution in [1.29, 1.82) is 0 Å². The Kier molecular flexibility index (Phi) is 8.02. The van der Waals surface area contributed by atoms with Gasteiger partial charge in [-0.3, -0.25) is 0 Å². The quantitative estimate of drug-likeness (QED) is 0.166. The first-order valence-corrected chi connectivity index (χ1v) is 23.6. The van der Waals surface area contributed by atoms with Crippen LogP contribution in [-0.2, 0) is 0 Å². The van der Waals surface area contributed by atoms with Gasteiger partial charge in [0, 0.05) is 79.7 Å². The van der Waals surface area contributed by atoms with Crippen molar-refractivity contribution in [3.63, 3.8) is 0 Å². The van der Waals surface area contributed by atoms with E-state index < -0.39 is 0 Å². The number of aromatic nitrogens is 1. The van der Waals surface area contributed by atoms with Crippen LogP contribution in [0.1, 0.15) is 0 Å². The number of benzene rings is 10. The van der Waals surface area contributed by atoms with Crippen molar-refractivity contribution in [3.8, 4) is 27.9 Å². The number of nitrogens with zero attached hydrogens (tertiary/aromatic N) is 2. The van der Waals surface area contributed by atoms with E-state index in [1.54, 1.807) is 0 Å². The monoisotopic (exact) mass is 864 g/mol. The molecule has 0 saturated heterocycles. The van der Waals surface area contributed by atoms with Crippen LogP contribution >= 0.6 is 22.7 Å². The Morgan fingerprint density at radius 2 is 0.969 bits per heavy atom. The van der Waals surface area contributed by atoms with Gasteiger partial charge in [-0.2, -0.15) is 0 Å². The predicted octanol–water partition coefficient (Wildman–Crippen LogP) is 18.2. The smallest absolute Gasteiger partial charge is 0.143 e. The number of furan rings is 1. The van der Waals surface area contributed by atoms with E-state index in [0.717, 1.165) is 61.4 Å². The Morgan fingerprint density at radius 3 is 1.75 bits per heavy atom. The van der Waals surface area contributed by atoms with E-state index in [4.69, 9.17) is 4.42 Å². The molecule has 0 N–H and O–H groups in total. The van der Waals surface area contributed by atoms with Gasteiger partial charge in [-0.1, -0.05) is 152 Å². The summed E-state index contributed by atoms with van der Waals surface area (Å²) in [6, 6.07) is 79.8. The highest BCUT2D eigenvalue weighted by Gasteiger charge is 2.25. The molecule has 0 unspecified atom stereocenters. The minimum Gasteiger partial charge on any atom is -0.455 e. The highest BCUT2D eigenvalue weighted by atomic mass is 32.1. The molecule has 0 atom stereocenters. The summed E-state index contributed by atoms with van der Waals surface area (Å²) >= 11 is 3.75. The Bertz CT molecular complexity index is 4170. The summed E-state index contributed by atoms with van der Waals surface area (Å²) in [6.45, 7) is 0. The van der Waals surface area contributed by atoms with Gasteiger partial charge in [-0.15, -0.1) is 22.7 Å². The van der Waals surface area contributed by atoms with Gasteiger partial charge >= 0.3 is 0 Å². The third kappa shape index (κ3) is 5.53. The summed E-state index contributed by atoms with van der Waals surface area (Å²) in [6.07, 6.45) is 0. The van der Waals surface area contributed by atoms with Crippen LogP contribution in [0.4, 0.5) is 17.1 Å². The molecule has 0 aliphatic carbocycles. The zero-order valence-corrected chi connectivity index (χ0v) is 36.5. The molecule has 10 aromatic carbocycles. The number of para-hydroxylation sites is 4. The lowest BCUT2D eigenvalue weighted by molar-refractivity contribution is 0.670. The van der Waals surface area contributed by atoms with Gasteiger partial charge in [0.25, 0.3) is 0 Å². The Balaban J connectivity index is 1.07. The van der Waals surface area contributed by atoms with Crippen molar-refractivity contribution in [1.82, 2.24) is 4.57 Å². The van der Waals surface area contributed by atoms with Gasteiger partial charge in [0.15, 0.2) is 0 Å². The van der Waals surface area contributed by atoms with E-state index in [-0.39, 0.29) is 0 Å². The molecule has 0 saturated carbocycles. The molecule has 14 aromatic rings. The molecule has 65 heavy (non-hydrogen) atoms. The number of thiophene rings is 2. The minimum atomic E-state index is 0.897. The Labute approximate surface area is 381 Å². The van der Waals surface area contributed by atoms with Gasteiger partial charge in [0.05, 0.1) is 27.1 Å². The molecular weight excluding hydrogens is 829 g/mol. The first kappa shape index (κ1) is 36.5. The third-order valence-corrected chi connectivity index (χ3v) is 15.6. The molecule has 0 amide bonds. The second kappa shape index (κ2) is 14.3. The van der Waals surface area contributed by atoms with Gasteiger partial charge in [-0.05, 0) is 77.9 Å². The molecule has 5 heteroatoms. The molecule has 0 bridgehead atoms. The van der Waals surface area contributed by atoms with Crippen LogP contribution in [0.25, 0.3) is 112 Å². The SMILES string of the molecule is c1cc(-c2cccc3c2oc2ccccc23)cc(N(c2ccc3c(sc4ccccc43)c2-c2cccc(-n3c4ccccc4c4ccccc43)c2)c2cccc3c2sc2ccccc23)c1.